The van der Waals surface area contributed by atoms with Gasteiger partial charge in [-0.15, -0.1) is 0 Å². The molecule has 8 heteroatoms. The number of carbonyl (C=O) groups excluding carboxylic acids is 3. The Kier molecular flexibility index (Phi) is 5.89. The molecule has 0 radical (unpaired) electrons. The first kappa shape index (κ1) is 16.7. The summed E-state index contributed by atoms with van der Waals surface area (Å²) in [6.45, 7) is 5.10. The van der Waals surface area contributed by atoms with Crippen molar-refractivity contribution in [3.05, 3.63) is 17.5 Å². The quantitative estimate of drug-likeness (QED) is 0.584. The van der Waals surface area contributed by atoms with Crippen LogP contribution in [0.2, 0.25) is 0 Å². The molecule has 0 bridgehead atoms. The van der Waals surface area contributed by atoms with Crippen LogP contribution in [-0.2, 0) is 26.1 Å². The Morgan fingerprint density at radius 1 is 1.24 bits per heavy atom. The van der Waals surface area contributed by atoms with Gasteiger partial charge in [0.05, 0.1) is 25.0 Å². The van der Waals surface area contributed by atoms with Gasteiger partial charge >= 0.3 is 11.9 Å². The topological polar surface area (TPSA) is 99.5 Å². The zero-order chi connectivity index (χ0) is 16.0. The number of rotatable bonds is 6. The fraction of sp³-hybridized carbons (Fsp3) is 0.538. The minimum atomic E-state index is -1.49. The van der Waals surface area contributed by atoms with Gasteiger partial charge in [0.15, 0.2) is 0 Å². The van der Waals surface area contributed by atoms with E-state index in [0.29, 0.717) is 5.69 Å². The second-order valence-electron chi connectivity index (χ2n) is 4.18. The first-order chi connectivity index (χ1) is 9.92. The van der Waals surface area contributed by atoms with Gasteiger partial charge in [-0.05, 0) is 20.8 Å². The molecule has 0 unspecified atom stereocenters. The summed E-state index contributed by atoms with van der Waals surface area (Å²) in [5, 5.41) is 6.25. The van der Waals surface area contributed by atoms with Gasteiger partial charge in [0.2, 0.25) is 6.04 Å². The molecule has 0 aliphatic rings. The summed E-state index contributed by atoms with van der Waals surface area (Å²) in [7, 11) is 1.68. The third-order valence-corrected chi connectivity index (χ3v) is 2.80. The molecule has 1 rings (SSSR count). The Bertz CT molecular complexity index is 520. The molecule has 0 atom stereocenters. The van der Waals surface area contributed by atoms with E-state index in [1.54, 1.807) is 27.8 Å². The average molecular weight is 297 g/mol. The summed E-state index contributed by atoms with van der Waals surface area (Å²) in [6, 6.07) is -1.49. The van der Waals surface area contributed by atoms with Gasteiger partial charge in [0.25, 0.3) is 5.91 Å². The first-order valence-electron chi connectivity index (χ1n) is 6.55. The van der Waals surface area contributed by atoms with E-state index in [1.165, 1.54) is 10.9 Å². The Hall–Kier alpha value is -2.38. The maximum absolute atomic E-state index is 12.1. The van der Waals surface area contributed by atoms with Gasteiger partial charge in [-0.1, -0.05) is 0 Å². The van der Waals surface area contributed by atoms with Crippen LogP contribution in [0.15, 0.2) is 6.20 Å². The van der Waals surface area contributed by atoms with Gasteiger partial charge < -0.3 is 14.8 Å². The van der Waals surface area contributed by atoms with Gasteiger partial charge in [0.1, 0.15) is 0 Å². The highest BCUT2D eigenvalue weighted by molar-refractivity contribution is 6.05. The van der Waals surface area contributed by atoms with Crippen molar-refractivity contribution in [2.24, 2.45) is 7.05 Å². The van der Waals surface area contributed by atoms with Crippen LogP contribution in [0, 0.1) is 6.92 Å². The maximum atomic E-state index is 12.1. The number of aromatic nitrogens is 2. The molecule has 1 heterocycles. The van der Waals surface area contributed by atoms with E-state index in [4.69, 9.17) is 9.47 Å². The normalized spacial score (nSPS) is 10.3. The molecule has 0 aliphatic heterocycles. The summed E-state index contributed by atoms with van der Waals surface area (Å²) in [4.78, 5) is 35.6. The van der Waals surface area contributed by atoms with Crippen LogP contribution in [0.25, 0.3) is 0 Å². The number of aryl methyl sites for hydroxylation is 1. The fourth-order valence-corrected chi connectivity index (χ4v) is 1.60. The van der Waals surface area contributed by atoms with E-state index >= 15 is 0 Å². The first-order valence-corrected chi connectivity index (χ1v) is 6.55. The molecule has 0 aliphatic carbocycles. The van der Waals surface area contributed by atoms with Crippen LogP contribution in [0.4, 0.5) is 0 Å². The highest BCUT2D eigenvalue weighted by atomic mass is 16.6. The number of nitrogens with one attached hydrogen (secondary N) is 1. The Labute approximate surface area is 122 Å². The molecular weight excluding hydrogens is 278 g/mol. The standard InChI is InChI=1S/C13H19N3O5/c1-5-20-12(18)10(13(19)21-6-2)15-11(17)9-7-14-16(4)8(9)3/h7,10H,5-6H2,1-4H3,(H,15,17). The van der Waals surface area contributed by atoms with Gasteiger partial charge in [-0.25, -0.2) is 9.59 Å². The van der Waals surface area contributed by atoms with E-state index in [-0.39, 0.29) is 18.8 Å². The van der Waals surface area contributed by atoms with Crippen LogP contribution < -0.4 is 5.32 Å². The lowest BCUT2D eigenvalue weighted by Crippen LogP contribution is -2.48. The van der Waals surface area contributed by atoms with E-state index < -0.39 is 23.9 Å². The lowest BCUT2D eigenvalue weighted by Gasteiger charge is -2.15. The number of amides is 1. The van der Waals surface area contributed by atoms with E-state index in [0.717, 1.165) is 0 Å². The van der Waals surface area contributed by atoms with Crippen LogP contribution in [-0.4, -0.2) is 46.9 Å². The lowest BCUT2D eigenvalue weighted by molar-refractivity contribution is -0.157. The molecule has 116 valence electrons. The van der Waals surface area contributed by atoms with Crippen molar-refractivity contribution in [3.63, 3.8) is 0 Å². The number of ether oxygens (including phenoxy) is 2. The molecule has 1 amide bonds. The summed E-state index contributed by atoms with van der Waals surface area (Å²) >= 11 is 0. The lowest BCUT2D eigenvalue weighted by atomic mass is 10.2. The fourth-order valence-electron chi connectivity index (χ4n) is 1.60. The average Bonchev–Trinajstić information content (AvgIpc) is 2.76. The largest absolute Gasteiger partial charge is 0.464 e. The molecule has 0 fully saturated rings. The molecule has 21 heavy (non-hydrogen) atoms. The van der Waals surface area contributed by atoms with E-state index in [9.17, 15) is 14.4 Å². The monoisotopic (exact) mass is 297 g/mol. The molecule has 1 aromatic rings. The van der Waals surface area contributed by atoms with Crippen molar-refractivity contribution in [2.45, 2.75) is 26.8 Å². The van der Waals surface area contributed by atoms with Crippen LogP contribution >= 0.6 is 0 Å². The third-order valence-electron chi connectivity index (χ3n) is 2.80. The second kappa shape index (κ2) is 7.41. The smallest absolute Gasteiger partial charge is 0.340 e. The van der Waals surface area contributed by atoms with Crippen molar-refractivity contribution in [3.8, 4) is 0 Å². The van der Waals surface area contributed by atoms with Crippen molar-refractivity contribution >= 4 is 17.8 Å². The molecule has 1 aromatic heterocycles. The predicted octanol–water partition coefficient (Wildman–Crippen LogP) is -0.0469. The van der Waals surface area contributed by atoms with Crippen LogP contribution in [0.3, 0.4) is 0 Å². The molecule has 0 aromatic carbocycles. The number of carbonyl (C=O) groups is 3. The minimum absolute atomic E-state index is 0.0938. The zero-order valence-electron chi connectivity index (χ0n) is 12.5. The number of hydrogen-bond donors (Lipinski definition) is 1. The van der Waals surface area contributed by atoms with E-state index in [2.05, 4.69) is 10.4 Å². The molecule has 8 nitrogen and oxygen atoms in total. The number of esters is 2. The van der Waals surface area contributed by atoms with Crippen molar-refractivity contribution in [1.29, 1.82) is 0 Å². The predicted molar refractivity (Wildman–Crippen MR) is 72.5 cm³/mol. The zero-order valence-corrected chi connectivity index (χ0v) is 12.5. The Balaban J connectivity index is 2.90. The second-order valence-corrected chi connectivity index (χ2v) is 4.18. The summed E-state index contributed by atoms with van der Waals surface area (Å²) in [6.07, 6.45) is 1.36. The summed E-state index contributed by atoms with van der Waals surface area (Å²) in [5.74, 6) is -2.30. The van der Waals surface area contributed by atoms with Crippen LogP contribution in [0.1, 0.15) is 29.9 Å². The highest BCUT2D eigenvalue weighted by Crippen LogP contribution is 2.06. The van der Waals surface area contributed by atoms with E-state index in [1.807, 2.05) is 0 Å². The van der Waals surface area contributed by atoms with Crippen molar-refractivity contribution in [2.75, 3.05) is 13.2 Å². The number of nitrogens with zero attached hydrogens (tertiary/aromatic N) is 2. The van der Waals surface area contributed by atoms with Gasteiger partial charge in [0, 0.05) is 12.7 Å². The Morgan fingerprint density at radius 3 is 2.14 bits per heavy atom. The minimum Gasteiger partial charge on any atom is -0.464 e. The highest BCUT2D eigenvalue weighted by Gasteiger charge is 2.32. The molecule has 1 N–H and O–H groups in total. The SMILES string of the molecule is CCOC(=O)C(NC(=O)c1cnn(C)c1C)C(=O)OCC. The molecule has 0 spiro atoms. The summed E-state index contributed by atoms with van der Waals surface area (Å²) in [5.41, 5.74) is 0.884. The van der Waals surface area contributed by atoms with Gasteiger partial charge in [-0.2, -0.15) is 5.10 Å². The van der Waals surface area contributed by atoms with Crippen molar-refractivity contribution in [1.82, 2.24) is 15.1 Å². The maximum Gasteiger partial charge on any atom is 0.340 e. The third kappa shape index (κ3) is 4.04. The molecular formula is C13H19N3O5. The Morgan fingerprint density at radius 2 is 1.76 bits per heavy atom. The number of hydrogen-bond acceptors (Lipinski definition) is 6. The summed E-state index contributed by atoms with van der Waals surface area (Å²) < 4.78 is 11.0. The van der Waals surface area contributed by atoms with Crippen molar-refractivity contribution < 1.29 is 23.9 Å². The van der Waals surface area contributed by atoms with Gasteiger partial charge in [-0.3, -0.25) is 9.48 Å². The molecule has 0 saturated carbocycles. The molecule has 0 saturated heterocycles. The van der Waals surface area contributed by atoms with Crippen LogP contribution in [0.5, 0.6) is 0 Å².